The molecule has 4 heteroatoms. The lowest BCUT2D eigenvalue weighted by molar-refractivity contribution is 0.102. The van der Waals surface area contributed by atoms with Gasteiger partial charge in [0.15, 0.2) is 0 Å². The molecule has 14 heavy (non-hydrogen) atoms. The quantitative estimate of drug-likeness (QED) is 0.861. The van der Waals surface area contributed by atoms with Gasteiger partial charge in [-0.15, -0.1) is 11.3 Å². The van der Waals surface area contributed by atoms with Crippen molar-refractivity contribution in [2.24, 2.45) is 5.41 Å². The lowest BCUT2D eigenvalue weighted by Gasteiger charge is -2.47. The van der Waals surface area contributed by atoms with Gasteiger partial charge in [-0.05, 0) is 28.4 Å². The summed E-state index contributed by atoms with van der Waals surface area (Å²) in [5.41, 5.74) is 0.410. The van der Waals surface area contributed by atoms with Gasteiger partial charge in [0.2, 0.25) is 0 Å². The van der Waals surface area contributed by atoms with Crippen LogP contribution >= 0.6 is 38.9 Å². The Bertz CT molecular complexity index is 328. The Labute approximate surface area is 102 Å². The zero-order chi connectivity index (χ0) is 10.3. The van der Waals surface area contributed by atoms with Crippen LogP contribution in [0.25, 0.3) is 0 Å². The maximum Gasteiger partial charge on any atom is 0.107 e. The molecule has 0 amide bonds. The van der Waals surface area contributed by atoms with Crippen molar-refractivity contribution in [2.45, 2.75) is 26.3 Å². The minimum absolute atomic E-state index is 0.410. The molecular weight excluding hydrogens is 282 g/mol. The van der Waals surface area contributed by atoms with Gasteiger partial charge in [0.25, 0.3) is 0 Å². The molecule has 1 aromatic rings. The first-order chi connectivity index (χ1) is 6.57. The molecule has 0 radical (unpaired) electrons. The SMILES string of the molecule is CCC1(C)CNC1c1cc(Br)c(Cl)s1. The summed E-state index contributed by atoms with van der Waals surface area (Å²) in [4.78, 5) is 1.34. The van der Waals surface area contributed by atoms with Crippen molar-refractivity contribution in [3.05, 3.63) is 19.8 Å². The maximum absolute atomic E-state index is 6.03. The highest BCUT2D eigenvalue weighted by Gasteiger charge is 2.42. The lowest BCUT2D eigenvalue weighted by atomic mass is 9.72. The van der Waals surface area contributed by atoms with Crippen molar-refractivity contribution in [2.75, 3.05) is 6.54 Å². The molecule has 1 aliphatic heterocycles. The van der Waals surface area contributed by atoms with Crippen LogP contribution in [0.2, 0.25) is 4.34 Å². The Hall–Kier alpha value is 0.430. The average molecular weight is 295 g/mol. The third-order valence-corrected chi connectivity index (χ3v) is 5.70. The molecule has 2 unspecified atom stereocenters. The maximum atomic E-state index is 6.03. The fourth-order valence-electron chi connectivity index (χ4n) is 1.83. The van der Waals surface area contributed by atoms with E-state index in [1.807, 2.05) is 0 Å². The summed E-state index contributed by atoms with van der Waals surface area (Å²) in [7, 11) is 0. The number of rotatable bonds is 2. The molecule has 2 rings (SSSR count). The van der Waals surface area contributed by atoms with E-state index in [0.717, 1.165) is 15.4 Å². The first-order valence-electron chi connectivity index (χ1n) is 4.75. The second-order valence-corrected chi connectivity index (χ2v) is 6.63. The van der Waals surface area contributed by atoms with Crippen LogP contribution in [-0.4, -0.2) is 6.54 Å². The van der Waals surface area contributed by atoms with E-state index in [-0.39, 0.29) is 0 Å². The summed E-state index contributed by atoms with van der Waals surface area (Å²) in [5, 5.41) is 3.47. The summed E-state index contributed by atoms with van der Waals surface area (Å²) < 4.78 is 1.87. The van der Waals surface area contributed by atoms with Crippen LogP contribution in [0, 0.1) is 5.41 Å². The second-order valence-electron chi connectivity index (χ2n) is 4.09. The van der Waals surface area contributed by atoms with Gasteiger partial charge < -0.3 is 5.32 Å². The third kappa shape index (κ3) is 1.64. The summed E-state index contributed by atoms with van der Waals surface area (Å²) in [6, 6.07) is 2.62. The van der Waals surface area contributed by atoms with Crippen molar-refractivity contribution >= 4 is 38.9 Å². The van der Waals surface area contributed by atoms with E-state index in [1.165, 1.54) is 11.3 Å². The van der Waals surface area contributed by atoms with Gasteiger partial charge in [-0.1, -0.05) is 25.4 Å². The smallest absolute Gasteiger partial charge is 0.107 e. The predicted octanol–water partition coefficient (Wildman–Crippen LogP) is 4.22. The average Bonchev–Trinajstić information content (AvgIpc) is 2.43. The van der Waals surface area contributed by atoms with E-state index in [1.54, 1.807) is 11.3 Å². The van der Waals surface area contributed by atoms with E-state index in [2.05, 4.69) is 41.2 Å². The van der Waals surface area contributed by atoms with Gasteiger partial charge >= 0.3 is 0 Å². The molecule has 0 bridgehead atoms. The van der Waals surface area contributed by atoms with Crippen LogP contribution in [0.1, 0.15) is 31.2 Å². The molecule has 0 aliphatic carbocycles. The Morgan fingerprint density at radius 3 is 2.86 bits per heavy atom. The third-order valence-electron chi connectivity index (χ3n) is 3.16. The summed E-state index contributed by atoms with van der Waals surface area (Å²) in [5.74, 6) is 0. The number of hydrogen-bond donors (Lipinski definition) is 1. The van der Waals surface area contributed by atoms with E-state index >= 15 is 0 Å². The van der Waals surface area contributed by atoms with E-state index in [0.29, 0.717) is 11.5 Å². The van der Waals surface area contributed by atoms with Crippen LogP contribution < -0.4 is 5.32 Å². The molecule has 78 valence electrons. The van der Waals surface area contributed by atoms with Crippen molar-refractivity contribution in [1.82, 2.24) is 5.32 Å². The standard InChI is InChI=1S/C10H13BrClNS/c1-3-10(2)5-13-8(10)7-4-6(11)9(12)14-7/h4,8,13H,3,5H2,1-2H3. The highest BCUT2D eigenvalue weighted by atomic mass is 79.9. The van der Waals surface area contributed by atoms with Gasteiger partial charge in [0, 0.05) is 27.4 Å². The second kappa shape index (κ2) is 3.78. The van der Waals surface area contributed by atoms with E-state index in [4.69, 9.17) is 11.6 Å². The summed E-state index contributed by atoms with van der Waals surface area (Å²) in [6.45, 7) is 5.69. The largest absolute Gasteiger partial charge is 0.308 e. The molecule has 1 saturated heterocycles. The predicted molar refractivity (Wildman–Crippen MR) is 66.2 cm³/mol. The van der Waals surface area contributed by atoms with Crippen LogP contribution in [0.15, 0.2) is 10.5 Å². The highest BCUT2D eigenvalue weighted by molar-refractivity contribution is 9.10. The molecule has 1 fully saturated rings. The first kappa shape index (κ1) is 10.9. The van der Waals surface area contributed by atoms with Crippen molar-refractivity contribution in [3.8, 4) is 0 Å². The zero-order valence-electron chi connectivity index (χ0n) is 8.23. The Kier molecular flexibility index (Phi) is 2.95. The molecule has 2 heterocycles. The summed E-state index contributed by atoms with van der Waals surface area (Å²) in [6.07, 6.45) is 1.21. The molecular formula is C10H13BrClNS. The van der Waals surface area contributed by atoms with E-state index in [9.17, 15) is 0 Å². The molecule has 2 atom stereocenters. The van der Waals surface area contributed by atoms with Crippen LogP contribution in [0.4, 0.5) is 0 Å². The number of halogens is 2. The molecule has 1 N–H and O–H groups in total. The van der Waals surface area contributed by atoms with E-state index < -0.39 is 0 Å². The number of nitrogens with one attached hydrogen (secondary N) is 1. The van der Waals surface area contributed by atoms with Crippen LogP contribution in [0.5, 0.6) is 0 Å². The molecule has 1 aliphatic rings. The molecule has 0 spiro atoms. The fraction of sp³-hybridized carbons (Fsp3) is 0.600. The molecule has 0 aromatic carbocycles. The van der Waals surface area contributed by atoms with Crippen molar-refractivity contribution in [3.63, 3.8) is 0 Å². The topological polar surface area (TPSA) is 12.0 Å². The molecule has 0 saturated carbocycles. The van der Waals surface area contributed by atoms with Crippen molar-refractivity contribution in [1.29, 1.82) is 0 Å². The molecule has 1 nitrogen and oxygen atoms in total. The van der Waals surface area contributed by atoms with Gasteiger partial charge in [-0.25, -0.2) is 0 Å². The normalized spacial score (nSPS) is 31.6. The van der Waals surface area contributed by atoms with Crippen LogP contribution in [-0.2, 0) is 0 Å². The minimum Gasteiger partial charge on any atom is -0.308 e. The monoisotopic (exact) mass is 293 g/mol. The van der Waals surface area contributed by atoms with Gasteiger partial charge in [0.05, 0.1) is 0 Å². The van der Waals surface area contributed by atoms with Gasteiger partial charge in [-0.3, -0.25) is 0 Å². The fourth-order valence-corrected chi connectivity index (χ4v) is 3.82. The van der Waals surface area contributed by atoms with Crippen molar-refractivity contribution < 1.29 is 0 Å². The first-order valence-corrected chi connectivity index (χ1v) is 6.73. The Morgan fingerprint density at radius 1 is 1.79 bits per heavy atom. The van der Waals surface area contributed by atoms with Crippen LogP contribution in [0.3, 0.4) is 0 Å². The molecule has 1 aromatic heterocycles. The number of hydrogen-bond acceptors (Lipinski definition) is 2. The van der Waals surface area contributed by atoms with Gasteiger partial charge in [0.1, 0.15) is 4.34 Å². The minimum atomic E-state index is 0.410. The number of thiophene rings is 1. The zero-order valence-corrected chi connectivity index (χ0v) is 11.4. The van der Waals surface area contributed by atoms with Gasteiger partial charge in [-0.2, -0.15) is 0 Å². The lowest BCUT2D eigenvalue weighted by Crippen LogP contribution is -2.53. The summed E-state index contributed by atoms with van der Waals surface area (Å²) >= 11 is 11.2. The highest BCUT2D eigenvalue weighted by Crippen LogP contribution is 2.47. The Balaban J connectivity index is 2.24. The Morgan fingerprint density at radius 2 is 2.50 bits per heavy atom.